The number of hydrogen-bond acceptors (Lipinski definition) is 5. The fraction of sp³-hybridized carbons (Fsp3) is 0.250. The Kier molecular flexibility index (Phi) is 6.93. The second kappa shape index (κ2) is 9.38. The number of amides is 2. The van der Waals surface area contributed by atoms with Crippen molar-refractivity contribution in [1.82, 2.24) is 5.32 Å². The van der Waals surface area contributed by atoms with Crippen molar-refractivity contribution in [3.8, 4) is 0 Å². The van der Waals surface area contributed by atoms with E-state index in [-0.39, 0.29) is 24.4 Å². The van der Waals surface area contributed by atoms with Gasteiger partial charge < -0.3 is 20.7 Å². The van der Waals surface area contributed by atoms with Gasteiger partial charge in [0.25, 0.3) is 5.91 Å². The zero-order valence-electron chi connectivity index (χ0n) is 15.5. The molecule has 3 N–H and O–H groups in total. The van der Waals surface area contributed by atoms with Crippen LogP contribution in [0.15, 0.2) is 48.5 Å². The summed E-state index contributed by atoms with van der Waals surface area (Å²) in [6.45, 7) is 3.86. The number of nitrogens with one attached hydrogen (secondary N) is 3. The third-order valence-corrected chi connectivity index (χ3v) is 3.61. The number of carbonyl (C=O) groups excluding carboxylic acids is 3. The van der Waals surface area contributed by atoms with Crippen molar-refractivity contribution in [3.63, 3.8) is 0 Å². The van der Waals surface area contributed by atoms with Gasteiger partial charge in [-0.15, -0.1) is 0 Å². The maximum Gasteiger partial charge on any atom is 0.337 e. The molecule has 2 aromatic rings. The number of esters is 1. The summed E-state index contributed by atoms with van der Waals surface area (Å²) >= 11 is 0. The molecule has 0 aromatic heterocycles. The molecule has 0 radical (unpaired) electrons. The van der Waals surface area contributed by atoms with E-state index in [0.29, 0.717) is 16.8 Å². The van der Waals surface area contributed by atoms with Crippen molar-refractivity contribution in [3.05, 3.63) is 59.7 Å². The van der Waals surface area contributed by atoms with Crippen LogP contribution in [0.4, 0.5) is 11.4 Å². The second-order valence-corrected chi connectivity index (χ2v) is 6.18. The maximum atomic E-state index is 12.0. The van der Waals surface area contributed by atoms with E-state index in [1.54, 1.807) is 48.5 Å². The Morgan fingerprint density at radius 3 is 2.00 bits per heavy atom. The number of anilines is 2. The number of hydrogen-bond donors (Lipinski definition) is 3. The summed E-state index contributed by atoms with van der Waals surface area (Å²) < 4.78 is 4.63. The minimum Gasteiger partial charge on any atom is -0.465 e. The number of ether oxygens (including phenoxy) is 1. The minimum atomic E-state index is -0.430. The highest BCUT2D eigenvalue weighted by molar-refractivity contribution is 5.96. The average Bonchev–Trinajstić information content (AvgIpc) is 2.66. The van der Waals surface area contributed by atoms with E-state index >= 15 is 0 Å². The predicted molar refractivity (Wildman–Crippen MR) is 104 cm³/mol. The fourth-order valence-electron chi connectivity index (χ4n) is 2.28. The Balaban J connectivity index is 1.84. The summed E-state index contributed by atoms with van der Waals surface area (Å²) in [6.07, 6.45) is 0. The molecule has 0 aliphatic heterocycles. The standard InChI is InChI=1S/C20H23N3O4/c1-13(2)22-19(25)14-4-8-16(9-5-14)21-12-18(24)23-17-10-6-15(7-11-17)20(26)27-3/h4-11,13,21H,12H2,1-3H3,(H,22,25)(H,23,24). The lowest BCUT2D eigenvalue weighted by Crippen LogP contribution is -2.30. The molecule has 0 saturated heterocycles. The van der Waals surface area contributed by atoms with Crippen LogP contribution in [0.2, 0.25) is 0 Å². The van der Waals surface area contributed by atoms with Gasteiger partial charge in [0.05, 0.1) is 19.2 Å². The first-order valence-electron chi connectivity index (χ1n) is 8.52. The molecule has 0 heterocycles. The molecule has 2 aromatic carbocycles. The Morgan fingerprint density at radius 1 is 0.889 bits per heavy atom. The Labute approximate surface area is 158 Å². The van der Waals surface area contributed by atoms with Gasteiger partial charge in [0.2, 0.25) is 5.91 Å². The van der Waals surface area contributed by atoms with Crippen molar-refractivity contribution in [2.24, 2.45) is 0 Å². The van der Waals surface area contributed by atoms with Gasteiger partial charge in [0, 0.05) is 23.0 Å². The molecule has 27 heavy (non-hydrogen) atoms. The van der Waals surface area contributed by atoms with Crippen molar-refractivity contribution in [2.45, 2.75) is 19.9 Å². The molecule has 7 heteroatoms. The van der Waals surface area contributed by atoms with Crippen LogP contribution >= 0.6 is 0 Å². The van der Waals surface area contributed by atoms with Crippen LogP contribution in [0.1, 0.15) is 34.6 Å². The number of benzene rings is 2. The minimum absolute atomic E-state index is 0.0658. The van der Waals surface area contributed by atoms with Crippen LogP contribution in [0, 0.1) is 0 Å². The summed E-state index contributed by atoms with van der Waals surface area (Å²) in [5.41, 5.74) is 2.28. The predicted octanol–water partition coefficient (Wildman–Crippen LogP) is 2.66. The lowest BCUT2D eigenvalue weighted by Gasteiger charge is -2.10. The molecule has 2 rings (SSSR count). The quantitative estimate of drug-likeness (QED) is 0.652. The highest BCUT2D eigenvalue weighted by Crippen LogP contribution is 2.12. The summed E-state index contributed by atoms with van der Waals surface area (Å²) in [5, 5.41) is 8.54. The SMILES string of the molecule is COC(=O)c1ccc(NC(=O)CNc2ccc(C(=O)NC(C)C)cc2)cc1. The summed E-state index contributed by atoms with van der Waals surface area (Å²) in [5.74, 6) is -0.799. The number of carbonyl (C=O) groups is 3. The van der Waals surface area contributed by atoms with Crippen molar-refractivity contribution < 1.29 is 19.1 Å². The van der Waals surface area contributed by atoms with E-state index in [1.807, 2.05) is 13.8 Å². The van der Waals surface area contributed by atoms with Gasteiger partial charge in [0.1, 0.15) is 0 Å². The molecule has 0 spiro atoms. The van der Waals surface area contributed by atoms with Crippen molar-refractivity contribution in [1.29, 1.82) is 0 Å². The van der Waals surface area contributed by atoms with Gasteiger partial charge in [-0.25, -0.2) is 4.79 Å². The lowest BCUT2D eigenvalue weighted by atomic mass is 10.2. The maximum absolute atomic E-state index is 12.0. The second-order valence-electron chi connectivity index (χ2n) is 6.18. The number of rotatable bonds is 7. The van der Waals surface area contributed by atoms with E-state index in [9.17, 15) is 14.4 Å². The van der Waals surface area contributed by atoms with Crippen LogP contribution in [0.25, 0.3) is 0 Å². The first kappa shape index (κ1) is 20.0. The molecule has 0 fully saturated rings. The topological polar surface area (TPSA) is 96.5 Å². The highest BCUT2D eigenvalue weighted by Gasteiger charge is 2.08. The molecule has 0 unspecified atom stereocenters. The molecule has 0 aliphatic carbocycles. The van der Waals surface area contributed by atoms with Gasteiger partial charge in [-0.05, 0) is 62.4 Å². The fourth-order valence-corrected chi connectivity index (χ4v) is 2.28. The molecule has 7 nitrogen and oxygen atoms in total. The number of methoxy groups -OCH3 is 1. The Hall–Kier alpha value is -3.35. The van der Waals surface area contributed by atoms with Gasteiger partial charge in [-0.3, -0.25) is 9.59 Å². The first-order chi connectivity index (χ1) is 12.9. The smallest absolute Gasteiger partial charge is 0.337 e. The van der Waals surface area contributed by atoms with Crippen molar-refractivity contribution >= 4 is 29.2 Å². The van der Waals surface area contributed by atoms with E-state index in [1.165, 1.54) is 7.11 Å². The summed E-state index contributed by atoms with van der Waals surface area (Å²) in [4.78, 5) is 35.3. The van der Waals surface area contributed by atoms with Crippen LogP contribution in [0.5, 0.6) is 0 Å². The van der Waals surface area contributed by atoms with Crippen LogP contribution in [-0.4, -0.2) is 37.5 Å². The van der Waals surface area contributed by atoms with Gasteiger partial charge in [-0.1, -0.05) is 0 Å². The van der Waals surface area contributed by atoms with Crippen LogP contribution in [0.3, 0.4) is 0 Å². The third kappa shape index (κ3) is 6.14. The van der Waals surface area contributed by atoms with E-state index in [2.05, 4.69) is 20.7 Å². The Morgan fingerprint density at radius 2 is 1.44 bits per heavy atom. The van der Waals surface area contributed by atoms with Gasteiger partial charge in [-0.2, -0.15) is 0 Å². The lowest BCUT2D eigenvalue weighted by molar-refractivity contribution is -0.114. The van der Waals surface area contributed by atoms with Gasteiger partial charge >= 0.3 is 5.97 Å². The summed E-state index contributed by atoms with van der Waals surface area (Å²) in [6, 6.07) is 13.4. The molecule has 0 bridgehead atoms. The largest absolute Gasteiger partial charge is 0.465 e. The normalized spacial score (nSPS) is 10.2. The zero-order valence-corrected chi connectivity index (χ0v) is 15.5. The first-order valence-corrected chi connectivity index (χ1v) is 8.52. The molecular weight excluding hydrogens is 346 g/mol. The third-order valence-electron chi connectivity index (χ3n) is 3.61. The highest BCUT2D eigenvalue weighted by atomic mass is 16.5. The van der Waals surface area contributed by atoms with E-state index in [4.69, 9.17) is 0 Å². The van der Waals surface area contributed by atoms with E-state index < -0.39 is 5.97 Å². The molecule has 142 valence electrons. The molecule has 0 atom stereocenters. The molecular formula is C20H23N3O4. The monoisotopic (exact) mass is 369 g/mol. The average molecular weight is 369 g/mol. The summed E-state index contributed by atoms with van der Waals surface area (Å²) in [7, 11) is 1.31. The van der Waals surface area contributed by atoms with Crippen LogP contribution in [-0.2, 0) is 9.53 Å². The molecule has 0 aliphatic rings. The molecule has 0 saturated carbocycles. The van der Waals surface area contributed by atoms with Crippen molar-refractivity contribution in [2.75, 3.05) is 24.3 Å². The Bertz CT molecular complexity index is 799. The zero-order chi connectivity index (χ0) is 19.8. The molecule has 2 amide bonds. The van der Waals surface area contributed by atoms with E-state index in [0.717, 1.165) is 5.69 Å². The van der Waals surface area contributed by atoms with Gasteiger partial charge in [0.15, 0.2) is 0 Å². The van der Waals surface area contributed by atoms with Crippen LogP contribution < -0.4 is 16.0 Å².